The molecule has 1 aromatic heterocycles. The van der Waals surface area contributed by atoms with E-state index in [4.69, 9.17) is 10.00 Å². The standard InChI is InChI=1S/C15H15N3O2/c1-15(2,3)20-14(19)18-11-6-7-13-10(8-11)4-5-12(9-16)17-13/h4-8H,1-3H3,(H,18,19). The molecule has 0 aliphatic heterocycles. The normalized spacial score (nSPS) is 10.9. The number of amides is 1. The van der Waals surface area contributed by atoms with E-state index in [0.717, 1.165) is 5.39 Å². The van der Waals surface area contributed by atoms with Crippen molar-refractivity contribution in [3.8, 4) is 6.07 Å². The largest absolute Gasteiger partial charge is 0.444 e. The Kier molecular flexibility index (Phi) is 3.57. The molecule has 0 saturated carbocycles. The molecule has 2 rings (SSSR count). The monoisotopic (exact) mass is 269 g/mol. The molecule has 0 spiro atoms. The Balaban J connectivity index is 2.20. The molecule has 5 nitrogen and oxygen atoms in total. The van der Waals surface area contributed by atoms with Gasteiger partial charge in [0, 0.05) is 11.1 Å². The third kappa shape index (κ3) is 3.45. The van der Waals surface area contributed by atoms with E-state index in [9.17, 15) is 4.79 Å². The van der Waals surface area contributed by atoms with Gasteiger partial charge in [0.05, 0.1) is 5.52 Å². The van der Waals surface area contributed by atoms with Gasteiger partial charge >= 0.3 is 6.09 Å². The zero-order chi connectivity index (χ0) is 14.8. The first-order valence-electron chi connectivity index (χ1n) is 6.18. The Morgan fingerprint density at radius 3 is 2.70 bits per heavy atom. The van der Waals surface area contributed by atoms with Crippen LogP contribution in [-0.2, 0) is 4.74 Å². The van der Waals surface area contributed by atoms with Gasteiger partial charge in [-0.1, -0.05) is 0 Å². The lowest BCUT2D eigenvalue weighted by Crippen LogP contribution is -2.27. The maximum absolute atomic E-state index is 11.7. The van der Waals surface area contributed by atoms with Crippen LogP contribution in [-0.4, -0.2) is 16.7 Å². The number of carbonyl (C=O) groups is 1. The molecule has 0 radical (unpaired) electrons. The quantitative estimate of drug-likeness (QED) is 0.860. The average molecular weight is 269 g/mol. The summed E-state index contributed by atoms with van der Waals surface area (Å²) in [5.41, 5.74) is 1.16. The van der Waals surface area contributed by atoms with Crippen LogP contribution in [0.3, 0.4) is 0 Å². The molecule has 0 aliphatic rings. The Labute approximate surface area is 117 Å². The van der Waals surface area contributed by atoms with Crippen molar-refractivity contribution in [3.63, 3.8) is 0 Å². The predicted octanol–water partition coefficient (Wildman–Crippen LogP) is 3.45. The summed E-state index contributed by atoms with van der Waals surface area (Å²) in [5.74, 6) is 0. The summed E-state index contributed by atoms with van der Waals surface area (Å²) in [6.45, 7) is 5.42. The van der Waals surface area contributed by atoms with Crippen molar-refractivity contribution in [1.82, 2.24) is 4.98 Å². The smallest absolute Gasteiger partial charge is 0.412 e. The molecule has 0 aliphatic carbocycles. The summed E-state index contributed by atoms with van der Waals surface area (Å²) in [6.07, 6.45) is -0.501. The fraction of sp³-hybridized carbons (Fsp3) is 0.267. The topological polar surface area (TPSA) is 75.0 Å². The average Bonchev–Trinajstić information content (AvgIpc) is 2.35. The van der Waals surface area contributed by atoms with Gasteiger partial charge < -0.3 is 4.74 Å². The van der Waals surface area contributed by atoms with Crippen molar-refractivity contribution in [2.24, 2.45) is 0 Å². The third-order valence-corrected chi connectivity index (χ3v) is 2.45. The number of rotatable bonds is 1. The van der Waals surface area contributed by atoms with E-state index in [2.05, 4.69) is 10.3 Å². The highest BCUT2D eigenvalue weighted by Gasteiger charge is 2.16. The van der Waals surface area contributed by atoms with E-state index < -0.39 is 11.7 Å². The van der Waals surface area contributed by atoms with Crippen molar-refractivity contribution >= 4 is 22.7 Å². The lowest BCUT2D eigenvalue weighted by atomic mass is 10.2. The van der Waals surface area contributed by atoms with Gasteiger partial charge in [-0.25, -0.2) is 9.78 Å². The lowest BCUT2D eigenvalue weighted by Gasteiger charge is -2.19. The summed E-state index contributed by atoms with van der Waals surface area (Å²) in [5, 5.41) is 12.3. The minimum absolute atomic E-state index is 0.366. The number of anilines is 1. The highest BCUT2D eigenvalue weighted by atomic mass is 16.6. The van der Waals surface area contributed by atoms with Crippen molar-refractivity contribution in [3.05, 3.63) is 36.0 Å². The van der Waals surface area contributed by atoms with Gasteiger partial charge in [0.1, 0.15) is 17.4 Å². The van der Waals surface area contributed by atoms with Crippen molar-refractivity contribution in [2.75, 3.05) is 5.32 Å². The Morgan fingerprint density at radius 2 is 2.05 bits per heavy atom. The number of nitriles is 1. The van der Waals surface area contributed by atoms with Crippen molar-refractivity contribution in [2.45, 2.75) is 26.4 Å². The number of benzene rings is 1. The highest BCUT2D eigenvalue weighted by molar-refractivity contribution is 5.90. The molecule has 1 amide bonds. The van der Waals surface area contributed by atoms with Crippen LogP contribution in [0.5, 0.6) is 0 Å². The van der Waals surface area contributed by atoms with E-state index in [1.165, 1.54) is 0 Å². The highest BCUT2D eigenvalue weighted by Crippen LogP contribution is 2.19. The molecule has 0 unspecified atom stereocenters. The zero-order valence-electron chi connectivity index (χ0n) is 11.6. The van der Waals surface area contributed by atoms with Crippen LogP contribution in [0.25, 0.3) is 10.9 Å². The lowest BCUT2D eigenvalue weighted by molar-refractivity contribution is 0.0636. The molecule has 1 heterocycles. The van der Waals surface area contributed by atoms with Crippen molar-refractivity contribution < 1.29 is 9.53 Å². The number of hydrogen-bond donors (Lipinski definition) is 1. The van der Waals surface area contributed by atoms with E-state index in [0.29, 0.717) is 16.9 Å². The molecule has 0 saturated heterocycles. The first kappa shape index (κ1) is 13.8. The molecule has 0 atom stereocenters. The second-order valence-corrected chi connectivity index (χ2v) is 5.34. The summed E-state index contributed by atoms with van der Waals surface area (Å²) in [6, 6.07) is 10.7. The number of fused-ring (bicyclic) bond motifs is 1. The molecule has 20 heavy (non-hydrogen) atoms. The zero-order valence-corrected chi connectivity index (χ0v) is 11.6. The summed E-state index contributed by atoms with van der Waals surface area (Å²) in [7, 11) is 0. The minimum atomic E-state index is -0.538. The first-order valence-corrected chi connectivity index (χ1v) is 6.18. The van der Waals surface area contributed by atoms with Crippen LogP contribution in [0, 0.1) is 11.3 Å². The summed E-state index contributed by atoms with van der Waals surface area (Å²) >= 11 is 0. The number of pyridine rings is 1. The predicted molar refractivity (Wildman–Crippen MR) is 76.3 cm³/mol. The molecule has 2 aromatic rings. The maximum atomic E-state index is 11.7. The number of aromatic nitrogens is 1. The van der Waals surface area contributed by atoms with E-state index >= 15 is 0 Å². The van der Waals surface area contributed by atoms with Gasteiger partial charge in [-0.2, -0.15) is 5.26 Å². The Hall–Kier alpha value is -2.61. The number of nitrogens with one attached hydrogen (secondary N) is 1. The van der Waals surface area contributed by atoms with E-state index in [1.54, 1.807) is 51.1 Å². The van der Waals surface area contributed by atoms with Crippen LogP contribution in [0.1, 0.15) is 26.5 Å². The molecule has 0 bridgehead atoms. The van der Waals surface area contributed by atoms with Gasteiger partial charge in [-0.05, 0) is 51.1 Å². The fourth-order valence-corrected chi connectivity index (χ4v) is 1.69. The second kappa shape index (κ2) is 5.17. The summed E-state index contributed by atoms with van der Waals surface area (Å²) in [4.78, 5) is 15.8. The number of carbonyl (C=O) groups excluding carboxylic acids is 1. The Morgan fingerprint density at radius 1 is 1.30 bits per heavy atom. The van der Waals surface area contributed by atoms with Gasteiger partial charge in [0.15, 0.2) is 0 Å². The van der Waals surface area contributed by atoms with Gasteiger partial charge in [-0.15, -0.1) is 0 Å². The van der Waals surface area contributed by atoms with Crippen LogP contribution in [0.15, 0.2) is 30.3 Å². The van der Waals surface area contributed by atoms with E-state index in [-0.39, 0.29) is 0 Å². The van der Waals surface area contributed by atoms with Gasteiger partial charge in [0.25, 0.3) is 0 Å². The van der Waals surface area contributed by atoms with Crippen molar-refractivity contribution in [1.29, 1.82) is 5.26 Å². The van der Waals surface area contributed by atoms with Gasteiger partial charge in [0.2, 0.25) is 0 Å². The number of nitrogens with zero attached hydrogens (tertiary/aromatic N) is 2. The Bertz CT molecular complexity index is 696. The minimum Gasteiger partial charge on any atom is -0.444 e. The van der Waals surface area contributed by atoms with Crippen LogP contribution in [0.2, 0.25) is 0 Å². The molecule has 0 fully saturated rings. The van der Waals surface area contributed by atoms with Crippen LogP contribution >= 0.6 is 0 Å². The molecular weight excluding hydrogens is 254 g/mol. The number of hydrogen-bond acceptors (Lipinski definition) is 4. The van der Waals surface area contributed by atoms with Gasteiger partial charge in [-0.3, -0.25) is 5.32 Å². The maximum Gasteiger partial charge on any atom is 0.412 e. The summed E-state index contributed by atoms with van der Waals surface area (Å²) < 4.78 is 5.18. The molecule has 1 aromatic carbocycles. The second-order valence-electron chi connectivity index (χ2n) is 5.34. The first-order chi connectivity index (χ1) is 9.37. The molecule has 1 N–H and O–H groups in total. The molecule has 5 heteroatoms. The van der Waals surface area contributed by atoms with E-state index in [1.807, 2.05) is 6.07 Å². The molecule has 102 valence electrons. The number of ether oxygens (including phenoxy) is 1. The SMILES string of the molecule is CC(C)(C)OC(=O)Nc1ccc2nc(C#N)ccc2c1. The van der Waals surface area contributed by atoms with Crippen LogP contribution in [0.4, 0.5) is 10.5 Å². The third-order valence-electron chi connectivity index (χ3n) is 2.45. The van der Waals surface area contributed by atoms with Crippen LogP contribution < -0.4 is 5.32 Å². The fourth-order valence-electron chi connectivity index (χ4n) is 1.69. The molecular formula is C15H15N3O2.